The number of nitrogens with zero attached hydrogens (tertiary/aromatic N) is 4. The van der Waals surface area contributed by atoms with Crippen molar-refractivity contribution in [1.29, 1.82) is 0 Å². The van der Waals surface area contributed by atoms with Gasteiger partial charge < -0.3 is 9.80 Å². The molecule has 0 N–H and O–H groups in total. The van der Waals surface area contributed by atoms with E-state index in [1.165, 1.54) is 25.0 Å². The van der Waals surface area contributed by atoms with Crippen molar-refractivity contribution in [3.63, 3.8) is 0 Å². The van der Waals surface area contributed by atoms with E-state index < -0.39 is 10.7 Å². The lowest BCUT2D eigenvalue weighted by atomic mass is 10.0. The fraction of sp³-hybridized carbons (Fsp3) is 0.647. The lowest BCUT2D eigenvalue weighted by molar-refractivity contribution is -0.384. The molecule has 132 valence electrons. The molecule has 1 atom stereocenters. The van der Waals surface area contributed by atoms with Gasteiger partial charge in [0.1, 0.15) is 11.5 Å². The van der Waals surface area contributed by atoms with E-state index in [0.717, 1.165) is 38.7 Å². The maximum atomic E-state index is 13.3. The second-order valence-electron chi connectivity index (χ2n) is 6.97. The van der Waals surface area contributed by atoms with E-state index in [1.54, 1.807) is 0 Å². The third-order valence-electron chi connectivity index (χ3n) is 5.46. The normalized spacial score (nSPS) is 23.5. The molecule has 1 aromatic rings. The van der Waals surface area contributed by atoms with Gasteiger partial charge in [-0.15, -0.1) is 0 Å². The quantitative estimate of drug-likeness (QED) is 0.624. The average molecular weight is 336 g/mol. The number of nitro benzene ring substituents is 1. The van der Waals surface area contributed by atoms with Crippen molar-refractivity contribution < 1.29 is 9.31 Å². The molecule has 0 amide bonds. The molecule has 0 aromatic heterocycles. The van der Waals surface area contributed by atoms with E-state index >= 15 is 0 Å². The van der Waals surface area contributed by atoms with Crippen LogP contribution < -0.4 is 4.90 Å². The molecule has 2 aliphatic rings. The number of rotatable bonds is 4. The first-order valence-electron chi connectivity index (χ1n) is 8.55. The van der Waals surface area contributed by atoms with Crippen LogP contribution in [0.1, 0.15) is 19.3 Å². The van der Waals surface area contributed by atoms with Crippen molar-refractivity contribution in [2.75, 3.05) is 45.2 Å². The van der Waals surface area contributed by atoms with Crippen molar-refractivity contribution in [3.05, 3.63) is 34.1 Å². The number of likely N-dealkylation sites (N-methyl/N-ethyl adjacent to an activating group) is 1. The average Bonchev–Trinajstić information content (AvgIpc) is 3.04. The predicted molar refractivity (Wildman–Crippen MR) is 92.0 cm³/mol. The topological polar surface area (TPSA) is 52.9 Å². The molecule has 7 heteroatoms. The Bertz CT molecular complexity index is 604. The van der Waals surface area contributed by atoms with Gasteiger partial charge in [-0.2, -0.15) is 0 Å². The van der Waals surface area contributed by atoms with E-state index in [9.17, 15) is 14.5 Å². The van der Waals surface area contributed by atoms with Crippen molar-refractivity contribution in [2.45, 2.75) is 31.3 Å². The monoisotopic (exact) mass is 336 g/mol. The Morgan fingerprint density at radius 2 is 1.96 bits per heavy atom. The zero-order valence-corrected chi connectivity index (χ0v) is 14.3. The van der Waals surface area contributed by atoms with Crippen LogP contribution in [0.15, 0.2) is 18.2 Å². The Kier molecular flexibility index (Phi) is 5.01. The zero-order valence-electron chi connectivity index (χ0n) is 14.3. The number of hydrogen-bond acceptors (Lipinski definition) is 5. The van der Waals surface area contributed by atoms with Crippen LogP contribution in [0.25, 0.3) is 0 Å². The molecule has 0 aliphatic carbocycles. The summed E-state index contributed by atoms with van der Waals surface area (Å²) in [5.74, 6) is -0.571. The van der Waals surface area contributed by atoms with Gasteiger partial charge in [0, 0.05) is 32.2 Å². The molecule has 24 heavy (non-hydrogen) atoms. The minimum absolute atomic E-state index is 0.157. The molecule has 0 bridgehead atoms. The molecule has 2 saturated heterocycles. The number of piperidine rings is 1. The number of nitro groups is 1. The summed E-state index contributed by atoms with van der Waals surface area (Å²) in [6, 6.07) is 4.67. The SMILES string of the molecule is CN1CCC(N2CCC(N(C)c3ccc(F)cc3[N+](=O)[O-])C2)CC1. The van der Waals surface area contributed by atoms with E-state index in [-0.39, 0.29) is 11.7 Å². The molecule has 3 rings (SSSR count). The summed E-state index contributed by atoms with van der Waals surface area (Å²) >= 11 is 0. The van der Waals surface area contributed by atoms with Crippen LogP contribution in [-0.4, -0.2) is 67.1 Å². The number of halogens is 1. The van der Waals surface area contributed by atoms with E-state index in [2.05, 4.69) is 16.8 Å². The lowest BCUT2D eigenvalue weighted by Crippen LogP contribution is -2.44. The van der Waals surface area contributed by atoms with Crippen LogP contribution in [0.5, 0.6) is 0 Å². The fourth-order valence-electron chi connectivity index (χ4n) is 3.91. The molecular weight excluding hydrogens is 311 g/mol. The number of benzene rings is 1. The first kappa shape index (κ1) is 17.1. The number of anilines is 1. The Hall–Kier alpha value is -1.73. The zero-order chi connectivity index (χ0) is 17.3. The highest BCUT2D eigenvalue weighted by Gasteiger charge is 2.33. The number of likely N-dealkylation sites (tertiary alicyclic amines) is 2. The summed E-state index contributed by atoms with van der Waals surface area (Å²) in [5.41, 5.74) is 0.340. The predicted octanol–water partition coefficient (Wildman–Crippen LogP) is 2.34. The molecule has 1 unspecified atom stereocenters. The smallest absolute Gasteiger partial charge is 0.295 e. The standard InChI is InChI=1S/C17H25FN4O2/c1-19-8-5-14(6-9-19)21-10-7-15(12-21)20(2)16-4-3-13(18)11-17(16)22(23)24/h3-4,11,14-15H,5-10,12H2,1-2H3. The van der Waals surface area contributed by atoms with Crippen LogP contribution in [0.3, 0.4) is 0 Å². The molecule has 1 aromatic carbocycles. The van der Waals surface area contributed by atoms with Gasteiger partial charge in [-0.05, 0) is 51.5 Å². The largest absolute Gasteiger partial charge is 0.365 e. The highest BCUT2D eigenvalue weighted by Crippen LogP contribution is 2.32. The van der Waals surface area contributed by atoms with Crippen molar-refractivity contribution >= 4 is 11.4 Å². The van der Waals surface area contributed by atoms with Gasteiger partial charge in [-0.3, -0.25) is 15.0 Å². The van der Waals surface area contributed by atoms with Gasteiger partial charge in [0.05, 0.1) is 11.0 Å². The highest BCUT2D eigenvalue weighted by molar-refractivity contribution is 5.63. The molecule has 2 fully saturated rings. The molecule has 0 spiro atoms. The molecule has 6 nitrogen and oxygen atoms in total. The van der Waals surface area contributed by atoms with E-state index in [0.29, 0.717) is 11.7 Å². The summed E-state index contributed by atoms with van der Waals surface area (Å²) in [4.78, 5) is 17.6. The summed E-state index contributed by atoms with van der Waals surface area (Å²) in [6.07, 6.45) is 3.35. The Balaban J connectivity index is 1.68. The maximum absolute atomic E-state index is 13.3. The molecule has 0 radical (unpaired) electrons. The number of hydrogen-bond donors (Lipinski definition) is 0. The van der Waals surface area contributed by atoms with Crippen LogP contribution >= 0.6 is 0 Å². The summed E-state index contributed by atoms with van der Waals surface area (Å²) in [5, 5.41) is 11.2. The summed E-state index contributed by atoms with van der Waals surface area (Å²) < 4.78 is 13.3. The Morgan fingerprint density at radius 1 is 1.25 bits per heavy atom. The van der Waals surface area contributed by atoms with Crippen LogP contribution in [-0.2, 0) is 0 Å². The maximum Gasteiger partial charge on any atom is 0.295 e. The minimum Gasteiger partial charge on any atom is -0.365 e. The fourth-order valence-corrected chi connectivity index (χ4v) is 3.91. The molecular formula is C17H25FN4O2. The first-order valence-corrected chi connectivity index (χ1v) is 8.55. The highest BCUT2D eigenvalue weighted by atomic mass is 19.1. The van der Waals surface area contributed by atoms with Crippen molar-refractivity contribution in [2.24, 2.45) is 0 Å². The van der Waals surface area contributed by atoms with Crippen LogP contribution in [0.4, 0.5) is 15.8 Å². The van der Waals surface area contributed by atoms with Gasteiger partial charge in [0.2, 0.25) is 0 Å². The van der Waals surface area contributed by atoms with Gasteiger partial charge >= 0.3 is 0 Å². The van der Waals surface area contributed by atoms with Crippen LogP contribution in [0.2, 0.25) is 0 Å². The second kappa shape index (κ2) is 7.03. The van der Waals surface area contributed by atoms with Gasteiger partial charge in [0.15, 0.2) is 0 Å². The van der Waals surface area contributed by atoms with Crippen molar-refractivity contribution in [3.8, 4) is 0 Å². The Labute approximate surface area is 142 Å². The first-order chi connectivity index (χ1) is 11.5. The van der Waals surface area contributed by atoms with Crippen LogP contribution in [0, 0.1) is 15.9 Å². The third kappa shape index (κ3) is 3.52. The third-order valence-corrected chi connectivity index (χ3v) is 5.46. The molecule has 2 heterocycles. The second-order valence-corrected chi connectivity index (χ2v) is 6.97. The van der Waals surface area contributed by atoms with Crippen molar-refractivity contribution in [1.82, 2.24) is 9.80 Å². The Morgan fingerprint density at radius 3 is 2.62 bits per heavy atom. The lowest BCUT2D eigenvalue weighted by Gasteiger charge is -2.35. The van der Waals surface area contributed by atoms with E-state index in [1.807, 2.05) is 11.9 Å². The van der Waals surface area contributed by atoms with Gasteiger partial charge in [-0.25, -0.2) is 4.39 Å². The molecule has 0 saturated carbocycles. The summed E-state index contributed by atoms with van der Waals surface area (Å²) in [6.45, 7) is 4.20. The summed E-state index contributed by atoms with van der Waals surface area (Å²) in [7, 11) is 4.04. The van der Waals surface area contributed by atoms with E-state index in [4.69, 9.17) is 0 Å². The minimum atomic E-state index is -0.571. The molecule has 2 aliphatic heterocycles. The van der Waals surface area contributed by atoms with Gasteiger partial charge in [0.25, 0.3) is 5.69 Å². The van der Waals surface area contributed by atoms with Gasteiger partial charge in [-0.1, -0.05) is 0 Å².